The summed E-state index contributed by atoms with van der Waals surface area (Å²) in [5.41, 5.74) is 2.25. The SMILES string of the molecule is CC(C)C(=O)NCc1ccc(Cn2cncn2)cc1. The van der Waals surface area contributed by atoms with Gasteiger partial charge in [-0.15, -0.1) is 0 Å². The monoisotopic (exact) mass is 258 g/mol. The van der Waals surface area contributed by atoms with Crippen molar-refractivity contribution < 1.29 is 4.79 Å². The van der Waals surface area contributed by atoms with E-state index in [0.29, 0.717) is 13.1 Å². The highest BCUT2D eigenvalue weighted by atomic mass is 16.1. The van der Waals surface area contributed by atoms with Gasteiger partial charge in [-0.2, -0.15) is 5.10 Å². The fourth-order valence-electron chi connectivity index (χ4n) is 1.66. The molecule has 0 atom stereocenters. The number of rotatable bonds is 5. The van der Waals surface area contributed by atoms with Crippen LogP contribution in [-0.4, -0.2) is 20.7 Å². The highest BCUT2D eigenvalue weighted by Gasteiger charge is 2.05. The van der Waals surface area contributed by atoms with Crippen LogP contribution in [0.3, 0.4) is 0 Å². The maximum atomic E-state index is 11.5. The minimum atomic E-state index is 0.0200. The molecule has 0 aliphatic heterocycles. The van der Waals surface area contributed by atoms with Crippen LogP contribution in [0.1, 0.15) is 25.0 Å². The Balaban J connectivity index is 1.89. The lowest BCUT2D eigenvalue weighted by Crippen LogP contribution is -2.27. The van der Waals surface area contributed by atoms with E-state index in [-0.39, 0.29) is 11.8 Å². The largest absolute Gasteiger partial charge is 0.352 e. The van der Waals surface area contributed by atoms with Crippen LogP contribution in [0.4, 0.5) is 0 Å². The first-order valence-electron chi connectivity index (χ1n) is 6.33. The summed E-state index contributed by atoms with van der Waals surface area (Å²) >= 11 is 0. The molecular formula is C14H18N4O. The van der Waals surface area contributed by atoms with Gasteiger partial charge in [-0.1, -0.05) is 38.1 Å². The Labute approximate surface area is 112 Å². The Kier molecular flexibility index (Phi) is 4.28. The van der Waals surface area contributed by atoms with Gasteiger partial charge in [-0.25, -0.2) is 9.67 Å². The Bertz CT molecular complexity index is 517. The Hall–Kier alpha value is -2.17. The van der Waals surface area contributed by atoms with E-state index in [4.69, 9.17) is 0 Å². The minimum Gasteiger partial charge on any atom is -0.352 e. The number of hydrogen-bond donors (Lipinski definition) is 1. The molecule has 5 heteroatoms. The van der Waals surface area contributed by atoms with Crippen LogP contribution in [0.2, 0.25) is 0 Å². The van der Waals surface area contributed by atoms with Crippen LogP contribution in [0.15, 0.2) is 36.9 Å². The maximum absolute atomic E-state index is 11.5. The van der Waals surface area contributed by atoms with Gasteiger partial charge in [0.1, 0.15) is 12.7 Å². The average Bonchev–Trinajstić information content (AvgIpc) is 2.90. The molecule has 0 unspecified atom stereocenters. The van der Waals surface area contributed by atoms with Crippen LogP contribution in [0.25, 0.3) is 0 Å². The topological polar surface area (TPSA) is 59.8 Å². The van der Waals surface area contributed by atoms with Gasteiger partial charge in [-0.05, 0) is 11.1 Å². The lowest BCUT2D eigenvalue weighted by atomic mass is 10.1. The van der Waals surface area contributed by atoms with E-state index in [1.165, 1.54) is 6.33 Å². The normalized spacial score (nSPS) is 10.7. The smallest absolute Gasteiger partial charge is 0.222 e. The van der Waals surface area contributed by atoms with Crippen molar-refractivity contribution in [2.75, 3.05) is 0 Å². The van der Waals surface area contributed by atoms with Crippen molar-refractivity contribution in [3.8, 4) is 0 Å². The van der Waals surface area contributed by atoms with E-state index in [2.05, 4.69) is 15.4 Å². The molecule has 2 aromatic rings. The van der Waals surface area contributed by atoms with Crippen molar-refractivity contribution in [2.45, 2.75) is 26.9 Å². The lowest BCUT2D eigenvalue weighted by Gasteiger charge is -2.08. The standard InChI is InChI=1S/C14H18N4O/c1-11(2)14(19)16-7-12-3-5-13(6-4-12)8-18-10-15-9-17-18/h3-6,9-11H,7-8H2,1-2H3,(H,16,19). The van der Waals surface area contributed by atoms with Crippen molar-refractivity contribution in [3.05, 3.63) is 48.0 Å². The van der Waals surface area contributed by atoms with Crippen molar-refractivity contribution in [3.63, 3.8) is 0 Å². The van der Waals surface area contributed by atoms with E-state index in [0.717, 1.165) is 11.1 Å². The highest BCUT2D eigenvalue weighted by Crippen LogP contribution is 2.06. The summed E-state index contributed by atoms with van der Waals surface area (Å²) in [6, 6.07) is 8.12. The van der Waals surface area contributed by atoms with Gasteiger partial charge in [0.2, 0.25) is 5.91 Å². The number of carbonyl (C=O) groups is 1. The van der Waals surface area contributed by atoms with Crippen LogP contribution in [-0.2, 0) is 17.9 Å². The average molecular weight is 258 g/mol. The number of nitrogens with zero attached hydrogens (tertiary/aromatic N) is 3. The fourth-order valence-corrected chi connectivity index (χ4v) is 1.66. The maximum Gasteiger partial charge on any atom is 0.222 e. The molecule has 1 aromatic heterocycles. The van der Waals surface area contributed by atoms with Gasteiger partial charge in [0.05, 0.1) is 6.54 Å². The molecule has 5 nitrogen and oxygen atoms in total. The van der Waals surface area contributed by atoms with E-state index in [1.54, 1.807) is 11.0 Å². The van der Waals surface area contributed by atoms with E-state index >= 15 is 0 Å². The predicted molar refractivity (Wildman–Crippen MR) is 72.3 cm³/mol. The van der Waals surface area contributed by atoms with E-state index in [1.807, 2.05) is 38.1 Å². The summed E-state index contributed by atoms with van der Waals surface area (Å²) in [4.78, 5) is 15.4. The van der Waals surface area contributed by atoms with Crippen LogP contribution in [0.5, 0.6) is 0 Å². The van der Waals surface area contributed by atoms with Gasteiger partial charge in [0.25, 0.3) is 0 Å². The number of carbonyl (C=O) groups excluding carboxylic acids is 1. The van der Waals surface area contributed by atoms with Crippen molar-refractivity contribution in [2.24, 2.45) is 5.92 Å². The first-order valence-corrected chi connectivity index (χ1v) is 6.33. The number of hydrogen-bond acceptors (Lipinski definition) is 3. The second-order valence-electron chi connectivity index (χ2n) is 4.78. The Morgan fingerprint density at radius 2 is 1.95 bits per heavy atom. The zero-order chi connectivity index (χ0) is 13.7. The lowest BCUT2D eigenvalue weighted by molar-refractivity contribution is -0.124. The quantitative estimate of drug-likeness (QED) is 0.886. The third-order valence-corrected chi connectivity index (χ3v) is 2.83. The summed E-state index contributed by atoms with van der Waals surface area (Å²) in [5.74, 6) is 0.0956. The molecule has 0 aliphatic carbocycles. The molecule has 1 heterocycles. The van der Waals surface area contributed by atoms with E-state index < -0.39 is 0 Å². The molecule has 0 aliphatic rings. The van der Waals surface area contributed by atoms with Crippen LogP contribution < -0.4 is 5.32 Å². The molecule has 0 radical (unpaired) electrons. The fraction of sp³-hybridized carbons (Fsp3) is 0.357. The molecule has 0 saturated carbocycles. The van der Waals surface area contributed by atoms with Crippen molar-refractivity contribution in [1.82, 2.24) is 20.1 Å². The third-order valence-electron chi connectivity index (χ3n) is 2.83. The summed E-state index contributed by atoms with van der Waals surface area (Å²) in [6.45, 7) is 5.05. The minimum absolute atomic E-state index is 0.0200. The van der Waals surface area contributed by atoms with Gasteiger partial charge < -0.3 is 5.32 Å². The molecule has 1 amide bonds. The summed E-state index contributed by atoms with van der Waals surface area (Å²) in [7, 11) is 0. The molecule has 1 aromatic carbocycles. The second-order valence-corrected chi connectivity index (χ2v) is 4.78. The molecule has 0 bridgehead atoms. The Morgan fingerprint density at radius 3 is 2.53 bits per heavy atom. The van der Waals surface area contributed by atoms with Crippen LogP contribution >= 0.6 is 0 Å². The molecule has 19 heavy (non-hydrogen) atoms. The van der Waals surface area contributed by atoms with Gasteiger partial charge in [0, 0.05) is 12.5 Å². The molecule has 1 N–H and O–H groups in total. The molecule has 0 saturated heterocycles. The van der Waals surface area contributed by atoms with Crippen LogP contribution in [0, 0.1) is 5.92 Å². The highest BCUT2D eigenvalue weighted by molar-refractivity contribution is 5.77. The molecule has 2 rings (SSSR count). The number of amides is 1. The number of aromatic nitrogens is 3. The zero-order valence-electron chi connectivity index (χ0n) is 11.2. The summed E-state index contributed by atoms with van der Waals surface area (Å²) < 4.78 is 1.77. The summed E-state index contributed by atoms with van der Waals surface area (Å²) in [6.07, 6.45) is 3.21. The first kappa shape index (κ1) is 13.3. The Morgan fingerprint density at radius 1 is 1.26 bits per heavy atom. The third kappa shape index (κ3) is 3.91. The predicted octanol–water partition coefficient (Wildman–Crippen LogP) is 1.60. The molecule has 0 spiro atoms. The zero-order valence-corrected chi connectivity index (χ0v) is 11.2. The van der Waals surface area contributed by atoms with Crippen molar-refractivity contribution in [1.29, 1.82) is 0 Å². The second kappa shape index (κ2) is 6.13. The van der Waals surface area contributed by atoms with Gasteiger partial charge >= 0.3 is 0 Å². The number of nitrogens with one attached hydrogen (secondary N) is 1. The molecule has 100 valence electrons. The summed E-state index contributed by atoms with van der Waals surface area (Å²) in [5, 5.41) is 6.96. The van der Waals surface area contributed by atoms with Crippen molar-refractivity contribution >= 4 is 5.91 Å². The first-order chi connectivity index (χ1) is 9.15. The molecular weight excluding hydrogens is 240 g/mol. The van der Waals surface area contributed by atoms with E-state index in [9.17, 15) is 4.79 Å². The van der Waals surface area contributed by atoms with Gasteiger partial charge in [-0.3, -0.25) is 4.79 Å². The van der Waals surface area contributed by atoms with Gasteiger partial charge in [0.15, 0.2) is 0 Å². The molecule has 0 fully saturated rings. The number of benzene rings is 1.